The van der Waals surface area contributed by atoms with Crippen LogP contribution in [0.3, 0.4) is 0 Å². The Hall–Kier alpha value is -3.12. The Labute approximate surface area is 223 Å². The number of H-pyrrole nitrogens is 2. The zero-order valence-corrected chi connectivity index (χ0v) is 22.6. The highest BCUT2D eigenvalue weighted by molar-refractivity contribution is 5.97. The Balaban J connectivity index is 1.38. The quantitative estimate of drug-likeness (QED) is 0.321. The summed E-state index contributed by atoms with van der Waals surface area (Å²) in [6, 6.07) is 12.2. The zero-order chi connectivity index (χ0) is 26.4. The van der Waals surface area contributed by atoms with E-state index in [1.54, 1.807) is 0 Å². The van der Waals surface area contributed by atoms with Crippen LogP contribution in [0.4, 0.5) is 0 Å². The van der Waals surface area contributed by atoms with E-state index in [-0.39, 0.29) is 53.1 Å². The minimum absolute atomic E-state index is 0.00134. The summed E-state index contributed by atoms with van der Waals surface area (Å²) in [5.41, 5.74) is 2.70. The van der Waals surface area contributed by atoms with Crippen LogP contribution in [0, 0.1) is 29.6 Å². The lowest BCUT2D eigenvalue weighted by Crippen LogP contribution is -2.57. The molecule has 2 bridgehead atoms. The van der Waals surface area contributed by atoms with Crippen molar-refractivity contribution in [2.24, 2.45) is 29.6 Å². The maximum atomic E-state index is 14.4. The van der Waals surface area contributed by atoms with Crippen LogP contribution in [-0.2, 0) is 21.4 Å². The number of para-hydroxylation sites is 1. The highest BCUT2D eigenvalue weighted by Crippen LogP contribution is 2.66. The van der Waals surface area contributed by atoms with Gasteiger partial charge in [0.05, 0.1) is 17.4 Å². The van der Waals surface area contributed by atoms with Gasteiger partial charge < -0.3 is 20.0 Å². The molecule has 1 amide bonds. The van der Waals surface area contributed by atoms with Crippen molar-refractivity contribution in [1.82, 2.24) is 15.3 Å². The van der Waals surface area contributed by atoms with Crippen molar-refractivity contribution in [2.45, 2.75) is 70.1 Å². The maximum absolute atomic E-state index is 14.4. The lowest BCUT2D eigenvalue weighted by molar-refractivity contribution is -0.127. The van der Waals surface area contributed by atoms with Crippen LogP contribution in [0.5, 0.6) is 0 Å². The molecule has 1 spiro atoms. The second-order valence-corrected chi connectivity index (χ2v) is 12.6. The Morgan fingerprint density at radius 3 is 2.74 bits per heavy atom. The molecule has 5 heterocycles. The predicted molar refractivity (Wildman–Crippen MR) is 147 cm³/mol. The van der Waals surface area contributed by atoms with Gasteiger partial charge in [0, 0.05) is 46.6 Å². The van der Waals surface area contributed by atoms with E-state index in [1.165, 1.54) is 10.9 Å². The lowest BCUT2D eigenvalue weighted by atomic mass is 9.52. The minimum Gasteiger partial charge on any atom is -0.365 e. The molecule has 6 heteroatoms. The molecule has 198 valence electrons. The van der Waals surface area contributed by atoms with Gasteiger partial charge in [-0.3, -0.25) is 9.59 Å². The van der Waals surface area contributed by atoms with E-state index in [1.807, 2.05) is 25.1 Å². The Bertz CT molecular complexity index is 1470. The summed E-state index contributed by atoms with van der Waals surface area (Å²) in [7, 11) is 0. The van der Waals surface area contributed by atoms with Crippen molar-refractivity contribution >= 4 is 22.6 Å². The standard InChI is InChI=1S/C32H37N3O3/c1-17-8-7-10-22-29-31(4,38-29)19(3)27-25(15-20-16-33-23-11-6-5-9-21(20)23)35-30(37)32(22,27)26-13-12-24(34-26)28(36)18(2)14-17/h5-7,9-13,16-19,22,25,27,29,33-34H,8,14-15H2,1-4H3,(H,35,37)/t17-,18-,19-,22-,25-,27-,29+,31+,32+/m0/s1. The number of aromatic nitrogens is 2. The average Bonchev–Trinajstić information content (AvgIpc) is 3.23. The first-order chi connectivity index (χ1) is 18.2. The van der Waals surface area contributed by atoms with Crippen molar-refractivity contribution in [2.75, 3.05) is 0 Å². The van der Waals surface area contributed by atoms with Crippen LogP contribution in [0.15, 0.2) is 54.7 Å². The van der Waals surface area contributed by atoms with E-state index in [0.717, 1.165) is 30.5 Å². The molecule has 7 rings (SSSR count). The van der Waals surface area contributed by atoms with Crippen molar-refractivity contribution in [3.05, 3.63) is 71.7 Å². The number of benzene rings is 1. The van der Waals surface area contributed by atoms with Gasteiger partial charge in [-0.25, -0.2) is 0 Å². The van der Waals surface area contributed by atoms with Crippen LogP contribution in [0.1, 0.15) is 62.3 Å². The zero-order valence-electron chi connectivity index (χ0n) is 22.6. The van der Waals surface area contributed by atoms with Gasteiger partial charge in [-0.1, -0.05) is 51.1 Å². The Morgan fingerprint density at radius 1 is 1.08 bits per heavy atom. The van der Waals surface area contributed by atoms with Crippen LogP contribution in [0.25, 0.3) is 10.9 Å². The normalized spacial score (nSPS) is 40.1. The topological polar surface area (TPSA) is 90.3 Å². The number of nitrogens with one attached hydrogen (secondary N) is 3. The second-order valence-electron chi connectivity index (χ2n) is 12.6. The number of hydrogen-bond donors (Lipinski definition) is 3. The summed E-state index contributed by atoms with van der Waals surface area (Å²) < 4.78 is 6.50. The molecule has 3 fully saturated rings. The number of aromatic amines is 2. The molecule has 0 radical (unpaired) electrons. The van der Waals surface area contributed by atoms with Crippen molar-refractivity contribution in [3.8, 4) is 0 Å². The van der Waals surface area contributed by atoms with Gasteiger partial charge >= 0.3 is 0 Å². The Morgan fingerprint density at radius 2 is 1.89 bits per heavy atom. The summed E-state index contributed by atoms with van der Waals surface area (Å²) >= 11 is 0. The first kappa shape index (κ1) is 24.0. The number of amides is 1. The number of Topliss-reactive ketones (excluding diaryl/α,β-unsaturated/α-hetero) is 1. The summed E-state index contributed by atoms with van der Waals surface area (Å²) in [6.45, 7) is 8.70. The fraction of sp³-hybridized carbons (Fsp3) is 0.500. The third-order valence-electron chi connectivity index (χ3n) is 10.4. The lowest BCUT2D eigenvalue weighted by Gasteiger charge is -2.46. The number of hydrogen-bond acceptors (Lipinski definition) is 3. The molecular weight excluding hydrogens is 474 g/mol. The van der Waals surface area contributed by atoms with E-state index >= 15 is 0 Å². The molecule has 38 heavy (non-hydrogen) atoms. The monoisotopic (exact) mass is 511 g/mol. The number of ketones is 1. The summed E-state index contributed by atoms with van der Waals surface area (Å²) in [5.74, 6) is 0.536. The molecule has 3 aromatic rings. The second kappa shape index (κ2) is 8.19. The van der Waals surface area contributed by atoms with Crippen LogP contribution < -0.4 is 5.32 Å². The largest absolute Gasteiger partial charge is 0.365 e. The van der Waals surface area contributed by atoms with Gasteiger partial charge in [-0.05, 0) is 61.8 Å². The van der Waals surface area contributed by atoms with Crippen LogP contribution >= 0.6 is 0 Å². The number of carbonyl (C=O) groups is 2. The molecule has 1 aliphatic carbocycles. The number of fused-ring (bicyclic) bond motifs is 5. The van der Waals surface area contributed by atoms with Crippen LogP contribution in [-0.4, -0.2) is 39.4 Å². The van der Waals surface area contributed by atoms with Gasteiger partial charge in [0.2, 0.25) is 5.91 Å². The van der Waals surface area contributed by atoms with Gasteiger partial charge in [0.1, 0.15) is 5.41 Å². The summed E-state index contributed by atoms with van der Waals surface area (Å²) in [6.07, 6.45) is 9.05. The van der Waals surface area contributed by atoms with E-state index in [2.05, 4.69) is 72.6 Å². The highest BCUT2D eigenvalue weighted by Gasteiger charge is 2.77. The molecule has 3 aliphatic heterocycles. The molecule has 2 saturated heterocycles. The third kappa shape index (κ3) is 3.16. The van der Waals surface area contributed by atoms with Gasteiger partial charge in [-0.2, -0.15) is 0 Å². The number of ether oxygens (including phenoxy) is 1. The smallest absolute Gasteiger partial charge is 0.233 e. The fourth-order valence-electron chi connectivity index (χ4n) is 8.35. The number of allylic oxidation sites excluding steroid dienone is 1. The van der Waals surface area contributed by atoms with Gasteiger partial charge in [0.25, 0.3) is 0 Å². The first-order valence-corrected chi connectivity index (χ1v) is 14.2. The third-order valence-corrected chi connectivity index (χ3v) is 10.4. The SMILES string of the molecule is C[C@H]1CC=C[C@H]2[C@H]3O[C@]3(C)[C@@H](C)[C@H]3[C@H](Cc4c[nH]c5ccccc45)NC(=O)[C@]32c2ccc([nH]2)C(=O)[C@@H](C)C1. The first-order valence-electron chi connectivity index (χ1n) is 14.2. The average molecular weight is 512 g/mol. The molecule has 3 N–H and O–H groups in total. The van der Waals surface area contributed by atoms with E-state index < -0.39 is 5.41 Å². The molecular formula is C32H37N3O3. The van der Waals surface area contributed by atoms with Crippen LogP contribution in [0.2, 0.25) is 0 Å². The molecule has 4 aliphatic rings. The molecule has 1 aromatic carbocycles. The van der Waals surface area contributed by atoms with Gasteiger partial charge in [-0.15, -0.1) is 0 Å². The molecule has 2 aromatic heterocycles. The molecule has 1 saturated carbocycles. The number of rotatable bonds is 2. The molecule has 6 nitrogen and oxygen atoms in total. The Kier molecular flexibility index (Phi) is 5.16. The molecule has 0 unspecified atom stereocenters. The summed E-state index contributed by atoms with van der Waals surface area (Å²) in [5, 5.41) is 4.67. The number of carbonyl (C=O) groups excluding carboxylic acids is 2. The van der Waals surface area contributed by atoms with Gasteiger partial charge in [0.15, 0.2) is 5.78 Å². The highest BCUT2D eigenvalue weighted by atomic mass is 16.6. The molecule has 9 atom stereocenters. The van der Waals surface area contributed by atoms with Crippen molar-refractivity contribution in [3.63, 3.8) is 0 Å². The van der Waals surface area contributed by atoms with Crippen molar-refractivity contribution in [1.29, 1.82) is 0 Å². The van der Waals surface area contributed by atoms with Crippen molar-refractivity contribution < 1.29 is 14.3 Å². The number of epoxide rings is 1. The maximum Gasteiger partial charge on any atom is 0.233 e. The summed E-state index contributed by atoms with van der Waals surface area (Å²) in [4.78, 5) is 34.7. The predicted octanol–water partition coefficient (Wildman–Crippen LogP) is 5.32. The fourth-order valence-corrected chi connectivity index (χ4v) is 8.35. The van der Waals surface area contributed by atoms with E-state index in [4.69, 9.17) is 4.74 Å². The van der Waals surface area contributed by atoms with E-state index in [0.29, 0.717) is 11.6 Å². The van der Waals surface area contributed by atoms with E-state index in [9.17, 15) is 9.59 Å². The minimum atomic E-state index is -0.822.